The van der Waals surface area contributed by atoms with E-state index in [0.717, 1.165) is 10.4 Å². The summed E-state index contributed by atoms with van der Waals surface area (Å²) in [5.74, 6) is -0.289. The number of amides is 1. The zero-order chi connectivity index (χ0) is 16.3. The summed E-state index contributed by atoms with van der Waals surface area (Å²) in [7, 11) is 0. The van der Waals surface area contributed by atoms with E-state index in [0.29, 0.717) is 5.69 Å². The predicted octanol–water partition coefficient (Wildman–Crippen LogP) is 3.04. The molecule has 2 heterocycles. The summed E-state index contributed by atoms with van der Waals surface area (Å²) >= 11 is 1.44. The standard InChI is InChI=1S/C17H16N2O3S/c1-17(21,15-8-5-9-23-15)11-18-16(20)14-10-13(19-22-14)12-6-3-2-4-7-12/h2-10,21H,11H2,1H3,(H,18,20). The van der Waals surface area contributed by atoms with Crippen LogP contribution >= 0.6 is 11.3 Å². The largest absolute Gasteiger partial charge is 0.383 e. The summed E-state index contributed by atoms with van der Waals surface area (Å²) in [6.07, 6.45) is 0. The normalized spacial score (nSPS) is 13.5. The number of rotatable bonds is 5. The van der Waals surface area contributed by atoms with Crippen LogP contribution in [0.25, 0.3) is 11.3 Å². The zero-order valence-electron chi connectivity index (χ0n) is 12.5. The van der Waals surface area contributed by atoms with E-state index in [1.54, 1.807) is 13.0 Å². The third-order valence-corrected chi connectivity index (χ3v) is 4.57. The van der Waals surface area contributed by atoms with Gasteiger partial charge in [-0.3, -0.25) is 4.79 Å². The smallest absolute Gasteiger partial charge is 0.290 e. The predicted molar refractivity (Wildman–Crippen MR) is 88.2 cm³/mol. The molecule has 1 amide bonds. The zero-order valence-corrected chi connectivity index (χ0v) is 13.3. The van der Waals surface area contributed by atoms with Gasteiger partial charge >= 0.3 is 0 Å². The van der Waals surface area contributed by atoms with Crippen LogP contribution in [0.1, 0.15) is 22.4 Å². The van der Waals surface area contributed by atoms with Crippen LogP contribution < -0.4 is 5.32 Å². The minimum absolute atomic E-state index is 0.0910. The van der Waals surface area contributed by atoms with Crippen LogP contribution in [0.4, 0.5) is 0 Å². The summed E-state index contributed by atoms with van der Waals surface area (Å²) in [4.78, 5) is 12.9. The van der Waals surface area contributed by atoms with Gasteiger partial charge in [0.15, 0.2) is 0 Å². The van der Waals surface area contributed by atoms with Crippen LogP contribution in [-0.4, -0.2) is 22.7 Å². The van der Waals surface area contributed by atoms with Crippen molar-refractivity contribution in [1.82, 2.24) is 10.5 Å². The summed E-state index contributed by atoms with van der Waals surface area (Å²) in [6.45, 7) is 1.75. The second kappa shape index (κ2) is 6.36. The fraction of sp³-hybridized carbons (Fsp3) is 0.176. The monoisotopic (exact) mass is 328 g/mol. The summed E-state index contributed by atoms with van der Waals surface area (Å²) in [6, 6.07) is 14.7. The van der Waals surface area contributed by atoms with Gasteiger partial charge in [0.25, 0.3) is 5.91 Å². The third-order valence-electron chi connectivity index (χ3n) is 3.45. The summed E-state index contributed by atoms with van der Waals surface area (Å²) < 4.78 is 5.10. The van der Waals surface area contributed by atoms with E-state index in [-0.39, 0.29) is 12.3 Å². The molecule has 0 saturated carbocycles. The Bertz CT molecular complexity index is 779. The minimum Gasteiger partial charge on any atom is -0.383 e. The molecule has 2 N–H and O–H groups in total. The molecule has 0 bridgehead atoms. The van der Waals surface area contributed by atoms with Crippen LogP contribution in [0.3, 0.4) is 0 Å². The molecule has 0 aliphatic rings. The lowest BCUT2D eigenvalue weighted by Gasteiger charge is -2.21. The van der Waals surface area contributed by atoms with E-state index in [1.165, 1.54) is 11.3 Å². The Morgan fingerprint density at radius 2 is 2.09 bits per heavy atom. The fourth-order valence-electron chi connectivity index (χ4n) is 2.14. The molecule has 118 valence electrons. The topological polar surface area (TPSA) is 75.4 Å². The van der Waals surface area contributed by atoms with Crippen LogP contribution in [0.15, 0.2) is 58.4 Å². The number of hydrogen-bond acceptors (Lipinski definition) is 5. The van der Waals surface area contributed by atoms with Crippen molar-refractivity contribution in [3.8, 4) is 11.3 Å². The molecule has 23 heavy (non-hydrogen) atoms. The molecule has 5 nitrogen and oxygen atoms in total. The first-order chi connectivity index (χ1) is 11.1. The minimum atomic E-state index is -1.12. The van der Waals surface area contributed by atoms with Gasteiger partial charge in [0.1, 0.15) is 11.3 Å². The molecule has 0 spiro atoms. The van der Waals surface area contributed by atoms with Crippen molar-refractivity contribution in [2.24, 2.45) is 0 Å². The van der Waals surface area contributed by atoms with Gasteiger partial charge in [0.05, 0.1) is 6.54 Å². The number of benzene rings is 1. The van der Waals surface area contributed by atoms with Gasteiger partial charge < -0.3 is 14.9 Å². The SMILES string of the molecule is CC(O)(CNC(=O)c1cc(-c2ccccc2)no1)c1cccs1. The highest BCUT2D eigenvalue weighted by molar-refractivity contribution is 7.10. The van der Waals surface area contributed by atoms with Gasteiger partial charge in [-0.25, -0.2) is 0 Å². The lowest BCUT2D eigenvalue weighted by Crippen LogP contribution is -2.37. The van der Waals surface area contributed by atoms with Gasteiger partial charge in [0.2, 0.25) is 5.76 Å². The van der Waals surface area contributed by atoms with Crippen molar-refractivity contribution in [3.63, 3.8) is 0 Å². The Balaban J connectivity index is 1.66. The van der Waals surface area contributed by atoms with E-state index in [4.69, 9.17) is 4.52 Å². The molecule has 2 aromatic heterocycles. The number of hydrogen-bond donors (Lipinski definition) is 2. The van der Waals surface area contributed by atoms with Crippen LogP contribution in [0, 0.1) is 0 Å². The van der Waals surface area contributed by atoms with Crippen molar-refractivity contribution in [2.75, 3.05) is 6.54 Å². The molecule has 0 fully saturated rings. The molecular weight excluding hydrogens is 312 g/mol. The highest BCUT2D eigenvalue weighted by atomic mass is 32.1. The van der Waals surface area contributed by atoms with Gasteiger partial charge in [-0.2, -0.15) is 0 Å². The van der Waals surface area contributed by atoms with Crippen molar-refractivity contribution in [3.05, 3.63) is 64.5 Å². The summed E-state index contributed by atoms with van der Waals surface area (Å²) in [5, 5.41) is 18.9. The Kier molecular flexibility index (Phi) is 4.27. The average molecular weight is 328 g/mol. The molecule has 1 aromatic carbocycles. The van der Waals surface area contributed by atoms with E-state index >= 15 is 0 Å². The molecule has 0 saturated heterocycles. The van der Waals surface area contributed by atoms with E-state index in [9.17, 15) is 9.90 Å². The lowest BCUT2D eigenvalue weighted by molar-refractivity contribution is 0.0545. The molecule has 0 aliphatic carbocycles. The number of nitrogens with one attached hydrogen (secondary N) is 1. The lowest BCUT2D eigenvalue weighted by atomic mass is 10.1. The maximum atomic E-state index is 12.2. The summed E-state index contributed by atoms with van der Waals surface area (Å²) in [5.41, 5.74) is 0.355. The van der Waals surface area contributed by atoms with Gasteiger partial charge in [-0.1, -0.05) is 41.6 Å². The molecule has 0 radical (unpaired) electrons. The van der Waals surface area contributed by atoms with Crippen LogP contribution in [0.5, 0.6) is 0 Å². The maximum Gasteiger partial charge on any atom is 0.290 e. The van der Waals surface area contributed by atoms with Gasteiger partial charge in [0, 0.05) is 16.5 Å². The van der Waals surface area contributed by atoms with E-state index in [1.807, 2.05) is 47.8 Å². The second-order valence-corrected chi connectivity index (χ2v) is 6.32. The van der Waals surface area contributed by atoms with Gasteiger partial charge in [-0.15, -0.1) is 11.3 Å². The fourth-order valence-corrected chi connectivity index (χ4v) is 2.93. The van der Waals surface area contributed by atoms with E-state index < -0.39 is 11.5 Å². The Morgan fingerprint density at radius 1 is 1.30 bits per heavy atom. The number of carbonyl (C=O) groups excluding carboxylic acids is 1. The van der Waals surface area contributed by atoms with Crippen molar-refractivity contribution < 1.29 is 14.4 Å². The maximum absolute atomic E-state index is 12.2. The molecule has 1 atom stereocenters. The quantitative estimate of drug-likeness (QED) is 0.755. The molecule has 1 unspecified atom stereocenters. The Hall–Kier alpha value is -2.44. The molecular formula is C17H16N2O3S. The number of aromatic nitrogens is 1. The van der Waals surface area contributed by atoms with Crippen molar-refractivity contribution in [1.29, 1.82) is 0 Å². The third kappa shape index (κ3) is 3.49. The Labute approximate surface area is 137 Å². The van der Waals surface area contributed by atoms with Gasteiger partial charge in [-0.05, 0) is 18.4 Å². The molecule has 3 aromatic rings. The first-order valence-electron chi connectivity index (χ1n) is 7.13. The number of carbonyl (C=O) groups is 1. The Morgan fingerprint density at radius 3 is 2.78 bits per heavy atom. The molecule has 3 rings (SSSR count). The molecule has 0 aliphatic heterocycles. The average Bonchev–Trinajstić information content (AvgIpc) is 3.25. The van der Waals surface area contributed by atoms with Crippen molar-refractivity contribution >= 4 is 17.2 Å². The second-order valence-electron chi connectivity index (χ2n) is 5.38. The van der Waals surface area contributed by atoms with Crippen LogP contribution in [0.2, 0.25) is 0 Å². The first kappa shape index (κ1) is 15.5. The number of aliphatic hydroxyl groups is 1. The number of nitrogens with zero attached hydrogens (tertiary/aromatic N) is 1. The molecule has 6 heteroatoms. The number of thiophene rings is 1. The van der Waals surface area contributed by atoms with Crippen molar-refractivity contribution in [2.45, 2.75) is 12.5 Å². The van der Waals surface area contributed by atoms with E-state index in [2.05, 4.69) is 10.5 Å². The van der Waals surface area contributed by atoms with Crippen LogP contribution in [-0.2, 0) is 5.60 Å². The highest BCUT2D eigenvalue weighted by Crippen LogP contribution is 2.24. The first-order valence-corrected chi connectivity index (χ1v) is 8.01. The highest BCUT2D eigenvalue weighted by Gasteiger charge is 2.26.